The molecule has 0 fully saturated rings. The maximum atomic E-state index is 13.4. The van der Waals surface area contributed by atoms with Crippen LogP contribution >= 0.6 is 23.2 Å². The molecule has 1 unspecified atom stereocenters. The van der Waals surface area contributed by atoms with Gasteiger partial charge in [-0.2, -0.15) is 0 Å². The lowest BCUT2D eigenvalue weighted by Gasteiger charge is -2.15. The van der Waals surface area contributed by atoms with Gasteiger partial charge in [0, 0.05) is 47.3 Å². The number of fused-ring (bicyclic) bond motifs is 1. The third-order valence-electron chi connectivity index (χ3n) is 6.02. The Morgan fingerprint density at radius 3 is 2.62 bits per heavy atom. The minimum atomic E-state index is -1.04. The Balaban J connectivity index is 1.81. The lowest BCUT2D eigenvalue weighted by atomic mass is 9.94. The van der Waals surface area contributed by atoms with E-state index in [0.717, 1.165) is 12.0 Å². The summed E-state index contributed by atoms with van der Waals surface area (Å²) in [5, 5.41) is 30.4. The average Bonchev–Trinajstić information content (AvgIpc) is 3.12. The molecule has 200 valence electrons. The molecular weight excluding hydrogens is 519 g/mol. The molecule has 3 aromatic rings. The van der Waals surface area contributed by atoms with Crippen LogP contribution in [0, 0.1) is 5.92 Å². The summed E-state index contributed by atoms with van der Waals surface area (Å²) >= 11 is 12.2. The number of carbonyl (C=O) groups is 2. The van der Waals surface area contributed by atoms with E-state index in [9.17, 15) is 19.8 Å². The molecule has 2 aromatic heterocycles. The molecule has 8 nitrogen and oxygen atoms in total. The third-order valence-corrected chi connectivity index (χ3v) is 6.46. The van der Waals surface area contributed by atoms with Gasteiger partial charge in [-0.05, 0) is 48.9 Å². The van der Waals surface area contributed by atoms with E-state index in [1.807, 2.05) is 18.2 Å². The number of ketones is 1. The van der Waals surface area contributed by atoms with Gasteiger partial charge in [-0.15, -0.1) is 0 Å². The van der Waals surface area contributed by atoms with Crippen LogP contribution in [0.2, 0.25) is 10.0 Å². The first-order chi connectivity index (χ1) is 17.7. The number of aliphatic hydroxyl groups is 2. The van der Waals surface area contributed by atoms with E-state index in [1.165, 1.54) is 6.20 Å². The maximum absolute atomic E-state index is 13.4. The minimum Gasteiger partial charge on any atom is -0.481 e. The number of Topliss-reactive ketones (excluding diaryl/α,β-unsaturated/α-hetero) is 1. The van der Waals surface area contributed by atoms with E-state index in [4.69, 9.17) is 33.0 Å². The number of ether oxygens (including phenoxy) is 1. The quantitative estimate of drug-likeness (QED) is 0.181. The number of hydrogen-bond donors (Lipinski definition) is 3. The summed E-state index contributed by atoms with van der Waals surface area (Å²) in [6, 6.07) is 9.14. The number of aromatic nitrogens is 2. The van der Waals surface area contributed by atoms with Gasteiger partial charge in [-0.1, -0.05) is 42.3 Å². The fourth-order valence-electron chi connectivity index (χ4n) is 4.39. The monoisotopic (exact) mass is 550 g/mol. The first-order valence-corrected chi connectivity index (χ1v) is 13.0. The summed E-state index contributed by atoms with van der Waals surface area (Å²) in [5.41, 5.74) is 2.59. The van der Waals surface area contributed by atoms with Crippen LogP contribution in [0.15, 0.2) is 36.5 Å². The predicted octanol–water partition coefficient (Wildman–Crippen LogP) is 4.92. The number of benzene rings is 1. The Morgan fingerprint density at radius 1 is 1.14 bits per heavy atom. The van der Waals surface area contributed by atoms with Gasteiger partial charge < -0.3 is 24.6 Å². The minimum absolute atomic E-state index is 0.0518. The van der Waals surface area contributed by atoms with E-state index >= 15 is 0 Å². The molecule has 0 aliphatic rings. The summed E-state index contributed by atoms with van der Waals surface area (Å²) in [7, 11) is 0. The molecular formula is C27H32Cl2N2O6. The predicted molar refractivity (Wildman–Crippen MR) is 142 cm³/mol. The van der Waals surface area contributed by atoms with Crippen LogP contribution in [0.1, 0.15) is 54.2 Å². The van der Waals surface area contributed by atoms with Crippen molar-refractivity contribution in [2.45, 2.75) is 58.3 Å². The van der Waals surface area contributed by atoms with E-state index in [-0.39, 0.29) is 31.1 Å². The van der Waals surface area contributed by atoms with E-state index < -0.39 is 18.7 Å². The first-order valence-electron chi connectivity index (χ1n) is 12.2. The van der Waals surface area contributed by atoms with E-state index in [1.54, 1.807) is 23.6 Å². The number of aliphatic hydroxyl groups excluding tert-OH is 2. The number of hydrogen-bond acceptors (Lipinski definition) is 6. The zero-order chi connectivity index (χ0) is 26.9. The van der Waals surface area contributed by atoms with Gasteiger partial charge in [-0.3, -0.25) is 9.59 Å². The van der Waals surface area contributed by atoms with Gasteiger partial charge >= 0.3 is 5.97 Å². The third kappa shape index (κ3) is 8.25. The van der Waals surface area contributed by atoms with Gasteiger partial charge in [0.15, 0.2) is 5.78 Å². The number of carboxylic acids is 1. The molecule has 1 aromatic carbocycles. The fourth-order valence-corrected chi connectivity index (χ4v) is 4.76. The molecule has 37 heavy (non-hydrogen) atoms. The highest BCUT2D eigenvalue weighted by Gasteiger charge is 2.26. The molecule has 0 bridgehead atoms. The molecule has 2 heterocycles. The van der Waals surface area contributed by atoms with Crippen LogP contribution in [0.5, 0.6) is 0 Å². The number of halogens is 2. The summed E-state index contributed by atoms with van der Waals surface area (Å²) < 4.78 is 7.53. The number of unbranched alkanes of at least 4 members (excludes halogenated alkanes) is 1. The normalized spacial score (nSPS) is 13.1. The SMILES string of the molecule is CC(CC(=O)O)CC(=O)c1c(CCCCOCc2cccc(Cl)c2)n(C[C@@H](O)CO)c2ncc(Cl)cc12. The number of pyridine rings is 1. The number of carboxylic acid groups (broad SMARTS) is 1. The van der Waals surface area contributed by atoms with Crippen molar-refractivity contribution in [1.82, 2.24) is 9.55 Å². The molecule has 0 amide bonds. The lowest BCUT2D eigenvalue weighted by Crippen LogP contribution is -2.22. The summed E-state index contributed by atoms with van der Waals surface area (Å²) in [6.07, 6.45) is 2.28. The van der Waals surface area contributed by atoms with Crippen molar-refractivity contribution in [1.29, 1.82) is 0 Å². The van der Waals surface area contributed by atoms with Crippen LogP contribution in [0.25, 0.3) is 11.0 Å². The molecule has 0 saturated heterocycles. The Morgan fingerprint density at radius 2 is 1.92 bits per heavy atom. The van der Waals surface area contributed by atoms with Crippen molar-refractivity contribution in [2.24, 2.45) is 5.92 Å². The van der Waals surface area contributed by atoms with Gasteiger partial charge in [0.05, 0.1) is 30.9 Å². The van der Waals surface area contributed by atoms with Gasteiger partial charge in [-0.25, -0.2) is 4.98 Å². The van der Waals surface area contributed by atoms with E-state index in [2.05, 4.69) is 4.98 Å². The number of nitrogens with zero attached hydrogens (tertiary/aromatic N) is 2. The van der Waals surface area contributed by atoms with E-state index in [0.29, 0.717) is 58.4 Å². The van der Waals surface area contributed by atoms with Crippen molar-refractivity contribution >= 4 is 46.0 Å². The standard InChI is InChI=1S/C27H32Cl2N2O6/c1-17(10-25(35)36)9-24(34)26-22-12-20(29)13-30-27(22)31(14-21(33)15-32)23(26)7-2-3-8-37-16-18-5-4-6-19(28)11-18/h4-6,11-13,17,21,32-33H,2-3,7-10,14-16H2,1H3,(H,35,36)/t17?,21-/m1/s1. The Kier molecular flexibility index (Phi) is 10.9. The molecule has 3 N–H and O–H groups in total. The number of carbonyl (C=O) groups excluding carboxylic acids is 1. The Labute approximate surface area is 225 Å². The fraction of sp³-hybridized carbons (Fsp3) is 0.444. The molecule has 10 heteroatoms. The second-order valence-electron chi connectivity index (χ2n) is 9.26. The molecule has 0 aliphatic heterocycles. The molecule has 2 atom stereocenters. The van der Waals surface area contributed by atoms with Crippen molar-refractivity contribution in [3.63, 3.8) is 0 Å². The van der Waals surface area contributed by atoms with Crippen LogP contribution in [0.4, 0.5) is 0 Å². The first kappa shape index (κ1) is 29.1. The Bertz CT molecular complexity index is 1230. The second-order valence-corrected chi connectivity index (χ2v) is 10.1. The van der Waals surface area contributed by atoms with Gasteiger partial charge in [0.25, 0.3) is 0 Å². The largest absolute Gasteiger partial charge is 0.481 e. The highest BCUT2D eigenvalue weighted by atomic mass is 35.5. The lowest BCUT2D eigenvalue weighted by molar-refractivity contribution is -0.137. The van der Waals surface area contributed by atoms with Crippen molar-refractivity contribution in [3.8, 4) is 0 Å². The molecule has 0 radical (unpaired) electrons. The molecule has 0 aliphatic carbocycles. The van der Waals surface area contributed by atoms with Crippen LogP contribution in [-0.4, -0.2) is 55.9 Å². The zero-order valence-corrected chi connectivity index (χ0v) is 22.2. The zero-order valence-electron chi connectivity index (χ0n) is 20.7. The maximum Gasteiger partial charge on any atom is 0.303 e. The summed E-state index contributed by atoms with van der Waals surface area (Å²) in [4.78, 5) is 29.0. The van der Waals surface area contributed by atoms with Crippen molar-refractivity contribution in [3.05, 3.63) is 63.4 Å². The topological polar surface area (TPSA) is 122 Å². The van der Waals surface area contributed by atoms with Gasteiger partial charge in [0.1, 0.15) is 5.65 Å². The van der Waals surface area contributed by atoms with Crippen molar-refractivity contribution < 1.29 is 29.6 Å². The molecule has 0 saturated carbocycles. The second kappa shape index (κ2) is 13.9. The molecule has 0 spiro atoms. The number of aliphatic carboxylic acids is 1. The average molecular weight is 551 g/mol. The van der Waals surface area contributed by atoms with Crippen molar-refractivity contribution in [2.75, 3.05) is 13.2 Å². The summed E-state index contributed by atoms with van der Waals surface area (Å²) in [5.74, 6) is -1.52. The van der Waals surface area contributed by atoms with Crippen LogP contribution < -0.4 is 0 Å². The number of rotatable bonds is 15. The smallest absolute Gasteiger partial charge is 0.303 e. The Hall–Kier alpha value is -2.49. The van der Waals surface area contributed by atoms with Gasteiger partial charge in [0.2, 0.25) is 0 Å². The van der Waals surface area contributed by atoms with Crippen LogP contribution in [-0.2, 0) is 29.1 Å². The highest BCUT2D eigenvalue weighted by molar-refractivity contribution is 6.31. The molecule has 3 rings (SSSR count). The van der Waals surface area contributed by atoms with Crippen LogP contribution in [0.3, 0.4) is 0 Å². The highest BCUT2D eigenvalue weighted by Crippen LogP contribution is 2.31. The summed E-state index contributed by atoms with van der Waals surface area (Å²) in [6.45, 7) is 2.29.